The Morgan fingerprint density at radius 3 is 2.85 bits per heavy atom. The van der Waals surface area contributed by atoms with E-state index >= 15 is 0 Å². The van der Waals surface area contributed by atoms with E-state index in [2.05, 4.69) is 19.6 Å². The molecule has 1 aromatic heterocycles. The standard InChI is InChI=1S/C10H9FS2/c1-2-6-3-8(12)4-7-5-9(11)13-10(6)7/h3-5,12H,2H2,1H3. The molecule has 0 atom stereocenters. The van der Waals surface area contributed by atoms with Crippen molar-refractivity contribution >= 4 is 34.1 Å². The van der Waals surface area contributed by atoms with E-state index in [-0.39, 0.29) is 5.13 Å². The summed E-state index contributed by atoms with van der Waals surface area (Å²) in [6.07, 6.45) is 0.921. The van der Waals surface area contributed by atoms with Crippen molar-refractivity contribution in [3.05, 3.63) is 28.9 Å². The van der Waals surface area contributed by atoms with E-state index < -0.39 is 0 Å². The van der Waals surface area contributed by atoms with Crippen LogP contribution in [0.3, 0.4) is 0 Å². The topological polar surface area (TPSA) is 0 Å². The van der Waals surface area contributed by atoms with Crippen LogP contribution in [0.1, 0.15) is 12.5 Å². The lowest BCUT2D eigenvalue weighted by Crippen LogP contribution is -1.79. The van der Waals surface area contributed by atoms with Crippen LogP contribution in [0.25, 0.3) is 10.1 Å². The molecule has 0 aliphatic rings. The maximum atomic E-state index is 13.0. The fourth-order valence-electron chi connectivity index (χ4n) is 1.44. The molecule has 0 nitrogen and oxygen atoms in total. The fraction of sp³-hybridized carbons (Fsp3) is 0.200. The molecular formula is C10H9FS2. The van der Waals surface area contributed by atoms with E-state index in [9.17, 15) is 4.39 Å². The van der Waals surface area contributed by atoms with Crippen molar-refractivity contribution in [1.29, 1.82) is 0 Å². The molecule has 1 aromatic carbocycles. The minimum atomic E-state index is -0.122. The molecule has 0 N–H and O–H groups in total. The lowest BCUT2D eigenvalue weighted by molar-refractivity contribution is 0.658. The normalized spacial score (nSPS) is 11.0. The summed E-state index contributed by atoms with van der Waals surface area (Å²) in [6.45, 7) is 2.07. The molecule has 0 aliphatic carbocycles. The van der Waals surface area contributed by atoms with Gasteiger partial charge in [-0.15, -0.1) is 24.0 Å². The molecule has 2 aromatic rings. The first-order valence-electron chi connectivity index (χ1n) is 4.11. The quantitative estimate of drug-likeness (QED) is 0.681. The van der Waals surface area contributed by atoms with E-state index in [0.29, 0.717) is 0 Å². The van der Waals surface area contributed by atoms with E-state index in [1.807, 2.05) is 12.1 Å². The Bertz CT molecular complexity index is 445. The first-order chi connectivity index (χ1) is 6.20. The van der Waals surface area contributed by atoms with Crippen LogP contribution in [0, 0.1) is 5.13 Å². The molecule has 0 unspecified atom stereocenters. The van der Waals surface area contributed by atoms with Crippen molar-refractivity contribution in [1.82, 2.24) is 0 Å². The molecular weight excluding hydrogens is 203 g/mol. The van der Waals surface area contributed by atoms with Crippen LogP contribution >= 0.6 is 24.0 Å². The highest BCUT2D eigenvalue weighted by atomic mass is 32.1. The van der Waals surface area contributed by atoms with Crippen LogP contribution in [-0.4, -0.2) is 0 Å². The molecule has 0 radical (unpaired) electrons. The van der Waals surface area contributed by atoms with Crippen molar-refractivity contribution in [2.45, 2.75) is 18.2 Å². The Labute approximate surface area is 85.8 Å². The van der Waals surface area contributed by atoms with Crippen LogP contribution in [0.4, 0.5) is 4.39 Å². The summed E-state index contributed by atoms with van der Waals surface area (Å²) in [4.78, 5) is 0.905. The van der Waals surface area contributed by atoms with E-state index in [0.717, 1.165) is 21.4 Å². The maximum Gasteiger partial charge on any atom is 0.177 e. The summed E-state index contributed by atoms with van der Waals surface area (Å²) in [7, 11) is 0. The SMILES string of the molecule is CCc1cc(S)cc2cc(F)sc12. The van der Waals surface area contributed by atoms with Crippen LogP contribution in [-0.2, 0) is 6.42 Å². The lowest BCUT2D eigenvalue weighted by Gasteiger charge is -1.99. The van der Waals surface area contributed by atoms with Crippen molar-refractivity contribution in [2.75, 3.05) is 0 Å². The summed E-state index contributed by atoms with van der Waals surface area (Å²) in [5.74, 6) is 0. The van der Waals surface area contributed by atoms with Crippen molar-refractivity contribution in [3.8, 4) is 0 Å². The third-order valence-corrected chi connectivity index (χ3v) is 3.30. The first-order valence-corrected chi connectivity index (χ1v) is 5.38. The van der Waals surface area contributed by atoms with Gasteiger partial charge in [0.25, 0.3) is 0 Å². The third-order valence-electron chi connectivity index (χ3n) is 2.03. The molecule has 3 heteroatoms. The second-order valence-electron chi connectivity index (χ2n) is 2.93. The minimum absolute atomic E-state index is 0.122. The van der Waals surface area contributed by atoms with Crippen molar-refractivity contribution < 1.29 is 4.39 Å². The molecule has 0 aliphatic heterocycles. The zero-order chi connectivity index (χ0) is 9.42. The van der Waals surface area contributed by atoms with Crippen LogP contribution < -0.4 is 0 Å². The fourth-order valence-corrected chi connectivity index (χ4v) is 2.69. The number of hydrogen-bond donors (Lipinski definition) is 1. The van der Waals surface area contributed by atoms with E-state index in [1.165, 1.54) is 16.9 Å². The largest absolute Gasteiger partial charge is 0.195 e. The van der Waals surface area contributed by atoms with Crippen LogP contribution in [0.15, 0.2) is 23.1 Å². The van der Waals surface area contributed by atoms with Crippen molar-refractivity contribution in [2.24, 2.45) is 0 Å². The average molecular weight is 212 g/mol. The predicted octanol–water partition coefficient (Wildman–Crippen LogP) is 3.89. The summed E-state index contributed by atoms with van der Waals surface area (Å²) in [5.41, 5.74) is 1.18. The van der Waals surface area contributed by atoms with Crippen LogP contribution in [0.2, 0.25) is 0 Å². The number of rotatable bonds is 1. The summed E-state index contributed by atoms with van der Waals surface area (Å²) >= 11 is 5.49. The number of fused-ring (bicyclic) bond motifs is 1. The minimum Gasteiger partial charge on any atom is -0.195 e. The Kier molecular flexibility index (Phi) is 2.30. The highest BCUT2D eigenvalue weighted by Gasteiger charge is 2.05. The lowest BCUT2D eigenvalue weighted by atomic mass is 10.1. The Morgan fingerprint density at radius 2 is 2.15 bits per heavy atom. The number of aryl methyl sites for hydroxylation is 1. The van der Waals surface area contributed by atoms with Gasteiger partial charge >= 0.3 is 0 Å². The third kappa shape index (κ3) is 1.58. The van der Waals surface area contributed by atoms with Crippen molar-refractivity contribution in [3.63, 3.8) is 0 Å². The number of halogens is 1. The van der Waals surface area contributed by atoms with Gasteiger partial charge in [0, 0.05) is 9.60 Å². The van der Waals surface area contributed by atoms with Gasteiger partial charge in [0.1, 0.15) is 0 Å². The van der Waals surface area contributed by atoms with Gasteiger partial charge in [-0.3, -0.25) is 0 Å². The van der Waals surface area contributed by atoms with Gasteiger partial charge in [-0.05, 0) is 35.6 Å². The average Bonchev–Trinajstić information content (AvgIpc) is 2.43. The highest BCUT2D eigenvalue weighted by molar-refractivity contribution is 7.80. The Hall–Kier alpha value is -0.540. The molecule has 0 saturated carbocycles. The molecule has 0 fully saturated rings. The van der Waals surface area contributed by atoms with E-state index in [1.54, 1.807) is 6.07 Å². The van der Waals surface area contributed by atoms with Gasteiger partial charge in [0.15, 0.2) is 5.13 Å². The summed E-state index contributed by atoms with van der Waals surface area (Å²) < 4.78 is 14.0. The molecule has 0 spiro atoms. The van der Waals surface area contributed by atoms with Gasteiger partial charge in [-0.1, -0.05) is 6.92 Å². The summed E-state index contributed by atoms with van der Waals surface area (Å²) in [6, 6.07) is 5.47. The highest BCUT2D eigenvalue weighted by Crippen LogP contribution is 2.30. The molecule has 68 valence electrons. The van der Waals surface area contributed by atoms with Gasteiger partial charge in [-0.25, -0.2) is 0 Å². The van der Waals surface area contributed by atoms with Gasteiger partial charge in [-0.2, -0.15) is 4.39 Å². The number of thiol groups is 1. The predicted molar refractivity (Wildman–Crippen MR) is 58.4 cm³/mol. The zero-order valence-corrected chi connectivity index (χ0v) is 8.88. The second-order valence-corrected chi connectivity index (χ2v) is 4.45. The number of thiophene rings is 1. The van der Waals surface area contributed by atoms with Gasteiger partial charge < -0.3 is 0 Å². The molecule has 2 rings (SSSR count). The Balaban J connectivity index is 2.80. The molecule has 0 amide bonds. The number of hydrogen-bond acceptors (Lipinski definition) is 2. The zero-order valence-electron chi connectivity index (χ0n) is 7.17. The molecule has 13 heavy (non-hydrogen) atoms. The molecule has 0 saturated heterocycles. The second kappa shape index (κ2) is 3.31. The number of benzene rings is 1. The monoisotopic (exact) mass is 212 g/mol. The summed E-state index contributed by atoms with van der Waals surface area (Å²) in [5, 5.41) is 0.843. The Morgan fingerprint density at radius 1 is 1.38 bits per heavy atom. The molecule has 1 heterocycles. The smallest absolute Gasteiger partial charge is 0.177 e. The molecule has 0 bridgehead atoms. The first kappa shape index (κ1) is 9.03. The van der Waals surface area contributed by atoms with Gasteiger partial charge in [0.05, 0.1) is 0 Å². The maximum absolute atomic E-state index is 13.0. The van der Waals surface area contributed by atoms with E-state index in [4.69, 9.17) is 0 Å². The van der Waals surface area contributed by atoms with Crippen LogP contribution in [0.5, 0.6) is 0 Å². The van der Waals surface area contributed by atoms with Gasteiger partial charge in [0.2, 0.25) is 0 Å².